The first-order chi connectivity index (χ1) is 13.5. The standard InChI is InChI=1S/C21H27NO6/c1-27-21-13-12-18(28-21)15-17(23)11-10-16-7-6-8-19(24)22(16)14-5-3-2-4-9-20(25)26/h10-13,16-17,23H,2,4,6-9,14-15H2,1H3,(H,25,26)/b11-10+/t16-,17?/m1/s1. The van der Waals surface area contributed by atoms with E-state index in [1.54, 1.807) is 23.1 Å². The third kappa shape index (κ3) is 7.12. The maximum atomic E-state index is 12.2. The Morgan fingerprint density at radius 3 is 3.00 bits per heavy atom. The molecule has 1 aromatic rings. The van der Waals surface area contributed by atoms with Gasteiger partial charge in [-0.15, -0.1) is 5.92 Å². The number of piperidine rings is 1. The molecule has 1 aliphatic rings. The molecule has 2 N–H and O–H groups in total. The summed E-state index contributed by atoms with van der Waals surface area (Å²) in [6.07, 6.45) is 6.37. The van der Waals surface area contributed by atoms with E-state index in [9.17, 15) is 14.7 Å². The number of amides is 1. The van der Waals surface area contributed by atoms with E-state index >= 15 is 0 Å². The number of rotatable bonds is 9. The van der Waals surface area contributed by atoms with Gasteiger partial charge in [-0.3, -0.25) is 9.59 Å². The molecular formula is C21H27NO6. The summed E-state index contributed by atoms with van der Waals surface area (Å²) in [5.74, 6) is 6.13. The van der Waals surface area contributed by atoms with E-state index in [1.807, 2.05) is 6.08 Å². The minimum Gasteiger partial charge on any atom is -0.481 e. The zero-order chi connectivity index (χ0) is 20.4. The van der Waals surface area contributed by atoms with Crippen LogP contribution in [0.5, 0.6) is 5.95 Å². The molecule has 0 radical (unpaired) electrons. The van der Waals surface area contributed by atoms with E-state index in [4.69, 9.17) is 14.3 Å². The molecule has 2 rings (SSSR count). The van der Waals surface area contributed by atoms with Crippen molar-refractivity contribution in [1.29, 1.82) is 0 Å². The second kappa shape index (κ2) is 11.2. The Kier molecular flexibility index (Phi) is 8.63. The molecule has 7 nitrogen and oxygen atoms in total. The average Bonchev–Trinajstić information content (AvgIpc) is 3.11. The number of likely N-dealkylation sites (tertiary alicyclic amines) is 1. The summed E-state index contributed by atoms with van der Waals surface area (Å²) in [7, 11) is 1.52. The van der Waals surface area contributed by atoms with E-state index < -0.39 is 12.1 Å². The van der Waals surface area contributed by atoms with Crippen LogP contribution in [0.3, 0.4) is 0 Å². The predicted molar refractivity (Wildman–Crippen MR) is 103 cm³/mol. The lowest BCUT2D eigenvalue weighted by molar-refractivity contribution is -0.137. The van der Waals surface area contributed by atoms with Gasteiger partial charge >= 0.3 is 5.97 Å². The maximum Gasteiger partial charge on any atom is 0.303 e. The van der Waals surface area contributed by atoms with Crippen molar-refractivity contribution in [3.05, 3.63) is 30.0 Å². The number of carboxylic acids is 1. The minimum absolute atomic E-state index is 0.0472. The van der Waals surface area contributed by atoms with Crippen LogP contribution in [0.2, 0.25) is 0 Å². The molecule has 0 aliphatic carbocycles. The second-order valence-electron chi connectivity index (χ2n) is 6.66. The van der Waals surface area contributed by atoms with Crippen LogP contribution in [0.25, 0.3) is 0 Å². The fraction of sp³-hybridized carbons (Fsp3) is 0.524. The summed E-state index contributed by atoms with van der Waals surface area (Å²) in [5, 5.41) is 18.8. The normalized spacial score (nSPS) is 18.0. The number of carbonyl (C=O) groups is 2. The Balaban J connectivity index is 1.87. The topological polar surface area (TPSA) is 100 Å². The number of unbranched alkanes of at least 4 members (excludes halogenated alkanes) is 1. The number of furan rings is 1. The molecule has 2 heterocycles. The van der Waals surface area contributed by atoms with Crippen LogP contribution in [0, 0.1) is 11.8 Å². The van der Waals surface area contributed by atoms with Gasteiger partial charge in [-0.1, -0.05) is 18.1 Å². The number of hydrogen-bond acceptors (Lipinski definition) is 5. The van der Waals surface area contributed by atoms with Crippen molar-refractivity contribution in [2.75, 3.05) is 13.7 Å². The number of hydrogen-bond donors (Lipinski definition) is 2. The Hall–Kier alpha value is -2.72. The van der Waals surface area contributed by atoms with Crippen LogP contribution < -0.4 is 4.74 Å². The van der Waals surface area contributed by atoms with Crippen molar-refractivity contribution < 1.29 is 29.0 Å². The smallest absolute Gasteiger partial charge is 0.303 e. The van der Waals surface area contributed by atoms with Gasteiger partial charge < -0.3 is 24.3 Å². The van der Waals surface area contributed by atoms with Crippen LogP contribution in [0.1, 0.15) is 44.3 Å². The molecule has 0 bridgehead atoms. The van der Waals surface area contributed by atoms with E-state index in [1.165, 1.54) is 7.11 Å². The largest absolute Gasteiger partial charge is 0.481 e. The Labute approximate surface area is 165 Å². The fourth-order valence-corrected chi connectivity index (χ4v) is 3.02. The third-order valence-corrected chi connectivity index (χ3v) is 4.48. The zero-order valence-corrected chi connectivity index (χ0v) is 16.1. The molecule has 1 fully saturated rings. The first-order valence-corrected chi connectivity index (χ1v) is 9.45. The summed E-state index contributed by atoms with van der Waals surface area (Å²) >= 11 is 0. The monoisotopic (exact) mass is 389 g/mol. The molecule has 7 heteroatoms. The molecule has 0 aromatic carbocycles. The Morgan fingerprint density at radius 1 is 1.46 bits per heavy atom. The van der Waals surface area contributed by atoms with Crippen LogP contribution in [0.15, 0.2) is 28.7 Å². The Bertz CT molecular complexity index is 742. The lowest BCUT2D eigenvalue weighted by Gasteiger charge is -2.32. The van der Waals surface area contributed by atoms with E-state index in [2.05, 4.69) is 11.8 Å². The lowest BCUT2D eigenvalue weighted by Crippen LogP contribution is -2.42. The minimum atomic E-state index is -0.829. The second-order valence-corrected chi connectivity index (χ2v) is 6.66. The number of carboxylic acid groups (broad SMARTS) is 1. The first kappa shape index (κ1) is 21.6. The van der Waals surface area contributed by atoms with Gasteiger partial charge in [-0.05, 0) is 25.3 Å². The van der Waals surface area contributed by atoms with Crippen LogP contribution in [-0.4, -0.2) is 52.8 Å². The van der Waals surface area contributed by atoms with Crippen LogP contribution in [0.4, 0.5) is 0 Å². The summed E-state index contributed by atoms with van der Waals surface area (Å²) in [6, 6.07) is 3.35. The zero-order valence-electron chi connectivity index (χ0n) is 16.1. The fourth-order valence-electron chi connectivity index (χ4n) is 3.02. The number of aliphatic carboxylic acids is 1. The molecule has 28 heavy (non-hydrogen) atoms. The van der Waals surface area contributed by atoms with Crippen LogP contribution >= 0.6 is 0 Å². The molecule has 1 saturated heterocycles. The van der Waals surface area contributed by atoms with Crippen LogP contribution in [-0.2, 0) is 16.0 Å². The molecule has 0 spiro atoms. The number of aliphatic hydroxyl groups excluding tert-OH is 1. The van der Waals surface area contributed by atoms with Gasteiger partial charge in [-0.2, -0.15) is 0 Å². The van der Waals surface area contributed by atoms with Gasteiger partial charge in [0, 0.05) is 31.7 Å². The average molecular weight is 389 g/mol. The maximum absolute atomic E-state index is 12.2. The number of methoxy groups -OCH3 is 1. The molecule has 152 valence electrons. The summed E-state index contributed by atoms with van der Waals surface area (Å²) in [4.78, 5) is 24.4. The van der Waals surface area contributed by atoms with Gasteiger partial charge in [0.05, 0.1) is 25.8 Å². The van der Waals surface area contributed by atoms with Gasteiger partial charge in [0.2, 0.25) is 5.91 Å². The van der Waals surface area contributed by atoms with Crippen molar-refractivity contribution >= 4 is 11.9 Å². The van der Waals surface area contributed by atoms with Crippen molar-refractivity contribution in [3.63, 3.8) is 0 Å². The van der Waals surface area contributed by atoms with E-state index in [-0.39, 0.29) is 18.4 Å². The van der Waals surface area contributed by atoms with Crippen molar-refractivity contribution in [2.24, 2.45) is 0 Å². The predicted octanol–water partition coefficient (Wildman–Crippen LogP) is 2.39. The number of nitrogens with zero attached hydrogens (tertiary/aromatic N) is 1. The Morgan fingerprint density at radius 2 is 2.29 bits per heavy atom. The summed E-state index contributed by atoms with van der Waals surface area (Å²) in [5.41, 5.74) is 0. The highest BCUT2D eigenvalue weighted by molar-refractivity contribution is 5.77. The quantitative estimate of drug-likeness (QED) is 0.382. The molecule has 0 saturated carbocycles. The van der Waals surface area contributed by atoms with Crippen molar-refractivity contribution in [1.82, 2.24) is 4.90 Å². The van der Waals surface area contributed by atoms with Crippen molar-refractivity contribution in [2.45, 2.75) is 57.1 Å². The van der Waals surface area contributed by atoms with E-state index in [0.29, 0.717) is 43.9 Å². The molecule has 1 amide bonds. The van der Waals surface area contributed by atoms with Gasteiger partial charge in [0.15, 0.2) is 0 Å². The molecular weight excluding hydrogens is 362 g/mol. The number of carbonyl (C=O) groups excluding carboxylic acids is 1. The highest BCUT2D eigenvalue weighted by atomic mass is 16.6. The number of ether oxygens (including phenoxy) is 1. The van der Waals surface area contributed by atoms with Crippen molar-refractivity contribution in [3.8, 4) is 17.8 Å². The van der Waals surface area contributed by atoms with Gasteiger partial charge in [-0.25, -0.2) is 0 Å². The summed E-state index contributed by atoms with van der Waals surface area (Å²) < 4.78 is 10.4. The highest BCUT2D eigenvalue weighted by Gasteiger charge is 2.25. The SMILES string of the molecule is COc1ccc(CC(O)/C=C/[C@H]2CCCC(=O)N2CC#CCCCC(=O)O)o1. The molecule has 2 atom stereocenters. The van der Waals surface area contributed by atoms with Gasteiger partial charge in [0.25, 0.3) is 5.95 Å². The molecule has 1 unspecified atom stereocenters. The third-order valence-electron chi connectivity index (χ3n) is 4.48. The van der Waals surface area contributed by atoms with E-state index in [0.717, 1.165) is 12.8 Å². The molecule has 1 aromatic heterocycles. The highest BCUT2D eigenvalue weighted by Crippen LogP contribution is 2.20. The number of aliphatic hydroxyl groups is 1. The first-order valence-electron chi connectivity index (χ1n) is 9.45. The molecule has 1 aliphatic heterocycles. The summed E-state index contributed by atoms with van der Waals surface area (Å²) in [6.45, 7) is 0.312. The lowest BCUT2D eigenvalue weighted by atomic mass is 10.00. The van der Waals surface area contributed by atoms with Gasteiger partial charge in [0.1, 0.15) is 5.76 Å².